The van der Waals surface area contributed by atoms with Crippen molar-refractivity contribution >= 4 is 17.7 Å². The molecule has 1 saturated heterocycles. The van der Waals surface area contributed by atoms with Crippen molar-refractivity contribution in [1.82, 2.24) is 4.90 Å². The number of rotatable bonds is 5. The van der Waals surface area contributed by atoms with E-state index in [0.717, 1.165) is 44.5 Å². The van der Waals surface area contributed by atoms with Crippen molar-refractivity contribution in [3.8, 4) is 0 Å². The molecule has 0 saturated carbocycles. The Morgan fingerprint density at radius 2 is 1.36 bits per heavy atom. The number of hydrogen-bond acceptors (Lipinski definition) is 2. The van der Waals surface area contributed by atoms with Gasteiger partial charge in [0, 0.05) is 13.1 Å². The molecule has 0 aromatic heterocycles. The van der Waals surface area contributed by atoms with Gasteiger partial charge < -0.3 is 10.0 Å². The second-order valence-electron chi connectivity index (χ2n) is 9.04. The highest BCUT2D eigenvalue weighted by Crippen LogP contribution is 2.38. The molecule has 3 heteroatoms. The fourth-order valence-electron chi connectivity index (χ4n) is 5.10. The van der Waals surface area contributed by atoms with Crippen LogP contribution in [-0.2, 0) is 0 Å². The average molecular weight is 440 g/mol. The molecule has 0 amide bonds. The molecule has 5 rings (SSSR count). The van der Waals surface area contributed by atoms with Gasteiger partial charge in [0.25, 0.3) is 0 Å². The summed E-state index contributed by atoms with van der Waals surface area (Å²) in [6.07, 6.45) is 7.71. The maximum Gasteiger partial charge on any atom is 0.123 e. The fourth-order valence-corrected chi connectivity index (χ4v) is 5.10. The van der Waals surface area contributed by atoms with Gasteiger partial charge in [0.05, 0.1) is 6.10 Å². The lowest BCUT2D eigenvalue weighted by Gasteiger charge is -2.30. The number of aliphatic hydroxyl groups is 1. The number of hydrogen-bond donors (Lipinski definition) is 1. The lowest BCUT2D eigenvalue weighted by molar-refractivity contribution is 0.153. The van der Waals surface area contributed by atoms with Crippen LogP contribution in [0.15, 0.2) is 78.4 Å². The van der Waals surface area contributed by atoms with E-state index in [0.29, 0.717) is 6.42 Å². The summed E-state index contributed by atoms with van der Waals surface area (Å²) < 4.78 is 13.1. The minimum absolute atomic E-state index is 0.265. The Kier molecular flexibility index (Phi) is 6.52. The van der Waals surface area contributed by atoms with Crippen LogP contribution >= 0.6 is 0 Å². The highest BCUT2D eigenvalue weighted by atomic mass is 19.1. The van der Waals surface area contributed by atoms with E-state index in [1.807, 2.05) is 0 Å². The first-order valence-electron chi connectivity index (χ1n) is 11.9. The minimum atomic E-state index is -0.528. The molecule has 2 nitrogen and oxygen atoms in total. The molecule has 1 aliphatic carbocycles. The molecule has 1 heterocycles. The van der Waals surface area contributed by atoms with E-state index in [1.165, 1.54) is 40.0 Å². The zero-order chi connectivity index (χ0) is 22.6. The summed E-state index contributed by atoms with van der Waals surface area (Å²) in [5.74, 6) is -0.265. The van der Waals surface area contributed by atoms with Gasteiger partial charge in [-0.3, -0.25) is 0 Å². The van der Waals surface area contributed by atoms with Crippen molar-refractivity contribution in [3.05, 3.63) is 112 Å². The van der Waals surface area contributed by atoms with Crippen molar-refractivity contribution in [2.45, 2.75) is 31.8 Å². The van der Waals surface area contributed by atoms with Crippen LogP contribution in [0.5, 0.6) is 0 Å². The highest BCUT2D eigenvalue weighted by molar-refractivity contribution is 5.94. The van der Waals surface area contributed by atoms with Crippen LogP contribution in [0, 0.1) is 5.82 Å². The number of likely N-dealkylation sites (tertiary alicyclic amines) is 1. The normalized spacial score (nSPS) is 16.8. The third-order valence-corrected chi connectivity index (χ3v) is 6.92. The van der Waals surface area contributed by atoms with Gasteiger partial charge in [-0.2, -0.15) is 0 Å². The first-order chi connectivity index (χ1) is 16.2. The van der Waals surface area contributed by atoms with Crippen molar-refractivity contribution in [1.29, 1.82) is 0 Å². The van der Waals surface area contributed by atoms with E-state index >= 15 is 0 Å². The molecule has 0 bridgehead atoms. The van der Waals surface area contributed by atoms with Gasteiger partial charge in [-0.05, 0) is 77.8 Å². The Bertz CT molecular complexity index is 1120. The molecule has 3 aromatic carbocycles. The van der Waals surface area contributed by atoms with Crippen molar-refractivity contribution < 1.29 is 9.50 Å². The molecular formula is C30H30FNO. The molecule has 1 unspecified atom stereocenters. The van der Waals surface area contributed by atoms with Gasteiger partial charge in [-0.1, -0.05) is 78.4 Å². The summed E-state index contributed by atoms with van der Waals surface area (Å²) in [4.78, 5) is 2.51. The first kappa shape index (κ1) is 21.8. The van der Waals surface area contributed by atoms with Gasteiger partial charge in [0.15, 0.2) is 0 Å². The quantitative estimate of drug-likeness (QED) is 0.373. The zero-order valence-electron chi connectivity index (χ0n) is 18.9. The Balaban J connectivity index is 1.26. The topological polar surface area (TPSA) is 23.5 Å². The number of piperidine rings is 1. The Morgan fingerprint density at radius 3 is 1.97 bits per heavy atom. The summed E-state index contributed by atoms with van der Waals surface area (Å²) >= 11 is 0. The molecular weight excluding hydrogens is 409 g/mol. The standard InChI is InChI=1S/C30H30FNO/c31-26-15-13-24(14-16-26)29(33)10-5-19-32-20-17-25(18-21-32)30-27-8-3-1-6-22(27)11-12-23-7-2-4-9-28(23)30/h1-4,6-9,11-16,29,33H,5,10,17-21H2. The smallest absolute Gasteiger partial charge is 0.123 e. The third-order valence-electron chi connectivity index (χ3n) is 6.92. The van der Waals surface area contributed by atoms with Crippen LogP contribution in [0.3, 0.4) is 0 Å². The van der Waals surface area contributed by atoms with E-state index < -0.39 is 6.10 Å². The van der Waals surface area contributed by atoms with E-state index in [9.17, 15) is 9.50 Å². The lowest BCUT2D eigenvalue weighted by atomic mass is 9.86. The molecule has 1 N–H and O–H groups in total. The van der Waals surface area contributed by atoms with Gasteiger partial charge >= 0.3 is 0 Å². The molecule has 1 aliphatic heterocycles. The van der Waals surface area contributed by atoms with Crippen LogP contribution in [0.1, 0.15) is 59.6 Å². The van der Waals surface area contributed by atoms with Crippen molar-refractivity contribution in [3.63, 3.8) is 0 Å². The maximum absolute atomic E-state index is 13.1. The van der Waals surface area contributed by atoms with Crippen molar-refractivity contribution in [2.75, 3.05) is 19.6 Å². The predicted molar refractivity (Wildman–Crippen MR) is 134 cm³/mol. The van der Waals surface area contributed by atoms with Gasteiger partial charge in [0.1, 0.15) is 5.82 Å². The van der Waals surface area contributed by atoms with E-state index in [1.54, 1.807) is 17.7 Å². The molecule has 168 valence electrons. The number of halogens is 1. The molecule has 1 atom stereocenters. The molecule has 1 fully saturated rings. The summed E-state index contributed by atoms with van der Waals surface area (Å²) in [5, 5.41) is 10.4. The molecule has 3 aromatic rings. The van der Waals surface area contributed by atoms with Gasteiger partial charge in [-0.15, -0.1) is 0 Å². The lowest BCUT2D eigenvalue weighted by Crippen LogP contribution is -2.32. The van der Waals surface area contributed by atoms with E-state index in [4.69, 9.17) is 0 Å². The fraction of sp³-hybridized carbons (Fsp3) is 0.267. The van der Waals surface area contributed by atoms with Crippen molar-refractivity contribution in [2.24, 2.45) is 0 Å². The summed E-state index contributed by atoms with van der Waals surface area (Å²) in [5.41, 5.74) is 9.00. The zero-order valence-corrected chi connectivity index (χ0v) is 18.9. The summed E-state index contributed by atoms with van der Waals surface area (Å²) in [7, 11) is 0. The number of aliphatic hydroxyl groups excluding tert-OH is 1. The number of benzene rings is 3. The monoisotopic (exact) mass is 439 g/mol. The third kappa shape index (κ3) is 4.85. The maximum atomic E-state index is 13.1. The molecule has 33 heavy (non-hydrogen) atoms. The molecule has 0 spiro atoms. The van der Waals surface area contributed by atoms with Gasteiger partial charge in [0.2, 0.25) is 0 Å². The van der Waals surface area contributed by atoms with E-state index in [2.05, 4.69) is 65.6 Å². The minimum Gasteiger partial charge on any atom is -0.388 e. The Morgan fingerprint density at radius 1 is 0.788 bits per heavy atom. The second kappa shape index (κ2) is 9.86. The summed E-state index contributed by atoms with van der Waals surface area (Å²) in [6.45, 7) is 3.07. The van der Waals surface area contributed by atoms with Crippen LogP contribution in [-0.4, -0.2) is 29.6 Å². The summed E-state index contributed by atoms with van der Waals surface area (Å²) in [6, 6.07) is 23.6. The van der Waals surface area contributed by atoms with Crippen LogP contribution in [0.25, 0.3) is 17.7 Å². The van der Waals surface area contributed by atoms with Crippen LogP contribution < -0.4 is 0 Å². The predicted octanol–water partition coefficient (Wildman–Crippen LogP) is 6.72. The largest absolute Gasteiger partial charge is 0.388 e. The van der Waals surface area contributed by atoms with E-state index in [-0.39, 0.29) is 5.82 Å². The Hall–Kier alpha value is -3.01. The molecule has 2 aliphatic rings. The average Bonchev–Trinajstić information content (AvgIpc) is 3.02. The van der Waals surface area contributed by atoms with Crippen LogP contribution in [0.4, 0.5) is 4.39 Å². The van der Waals surface area contributed by atoms with Gasteiger partial charge in [-0.25, -0.2) is 4.39 Å². The van der Waals surface area contributed by atoms with Crippen LogP contribution in [0.2, 0.25) is 0 Å². The number of nitrogens with zero attached hydrogens (tertiary/aromatic N) is 1. The second-order valence-corrected chi connectivity index (χ2v) is 9.04. The highest BCUT2D eigenvalue weighted by Gasteiger charge is 2.22. The first-order valence-corrected chi connectivity index (χ1v) is 11.9. The Labute approximate surface area is 195 Å². The SMILES string of the molecule is OC(CCCN1CCC(=C2c3ccccc3C=Cc3ccccc32)CC1)c1ccc(F)cc1. The molecule has 0 radical (unpaired) electrons. The number of fused-ring (bicyclic) bond motifs is 2.